The van der Waals surface area contributed by atoms with Gasteiger partial charge in [0, 0.05) is 16.5 Å². The number of thiazole rings is 1. The molecular weight excluding hydrogens is 396 g/mol. The van der Waals surface area contributed by atoms with Crippen molar-refractivity contribution in [1.82, 2.24) is 24.6 Å². The number of fused-ring (bicyclic) bond motifs is 2. The van der Waals surface area contributed by atoms with Crippen LogP contribution in [0.5, 0.6) is 0 Å². The molecule has 3 heterocycles. The van der Waals surface area contributed by atoms with Gasteiger partial charge in [0.05, 0.1) is 28.1 Å². The van der Waals surface area contributed by atoms with Gasteiger partial charge in [-0.25, -0.2) is 14.5 Å². The van der Waals surface area contributed by atoms with E-state index in [0.29, 0.717) is 11.1 Å². The number of rotatable bonds is 3. The fraction of sp³-hybridized carbons (Fsp3) is 0.136. The van der Waals surface area contributed by atoms with E-state index in [0.717, 1.165) is 33.1 Å². The van der Waals surface area contributed by atoms with E-state index in [1.165, 1.54) is 16.9 Å². The molecule has 8 heteroatoms. The normalized spacial score (nSPS) is 11.3. The number of aryl methyl sites for hydroxylation is 3. The van der Waals surface area contributed by atoms with Crippen molar-refractivity contribution in [2.24, 2.45) is 0 Å². The number of benzene rings is 2. The van der Waals surface area contributed by atoms with Gasteiger partial charge in [-0.3, -0.25) is 10.1 Å². The Morgan fingerprint density at radius 3 is 2.43 bits per heavy atom. The van der Waals surface area contributed by atoms with E-state index in [4.69, 9.17) is 0 Å². The van der Waals surface area contributed by atoms with Gasteiger partial charge >= 0.3 is 0 Å². The standard InChI is InChI=1S/C22H18N6OS/c1-12-4-6-15(7-5-12)19-11-30-22-26-21(27-28(19)22)25-20(29)16-8-9-17-18(10-16)24-14(3)13(2)23-17/h4-11H,1-3H3,(H,25,27,29). The molecule has 30 heavy (non-hydrogen) atoms. The minimum atomic E-state index is -0.285. The predicted molar refractivity (Wildman–Crippen MR) is 118 cm³/mol. The third-order valence-corrected chi connectivity index (χ3v) is 5.81. The lowest BCUT2D eigenvalue weighted by Gasteiger charge is -2.05. The first-order chi connectivity index (χ1) is 14.5. The summed E-state index contributed by atoms with van der Waals surface area (Å²) in [5.41, 5.74) is 6.85. The molecule has 0 saturated heterocycles. The second-order valence-electron chi connectivity index (χ2n) is 7.17. The van der Waals surface area contributed by atoms with Crippen molar-refractivity contribution >= 4 is 39.2 Å². The second kappa shape index (κ2) is 7.00. The summed E-state index contributed by atoms with van der Waals surface area (Å²) >= 11 is 1.48. The van der Waals surface area contributed by atoms with Crippen LogP contribution in [-0.4, -0.2) is 30.5 Å². The molecule has 148 valence electrons. The summed E-state index contributed by atoms with van der Waals surface area (Å²) < 4.78 is 1.75. The maximum Gasteiger partial charge on any atom is 0.258 e. The Morgan fingerprint density at radius 1 is 0.933 bits per heavy atom. The molecular formula is C22H18N6OS. The second-order valence-corrected chi connectivity index (χ2v) is 8.01. The Bertz CT molecular complexity index is 1420. The minimum absolute atomic E-state index is 0.270. The lowest BCUT2D eigenvalue weighted by atomic mass is 10.1. The topological polar surface area (TPSA) is 85.1 Å². The lowest BCUT2D eigenvalue weighted by molar-refractivity contribution is 0.102. The number of hydrogen-bond acceptors (Lipinski definition) is 6. The minimum Gasteiger partial charge on any atom is -0.289 e. The molecule has 0 spiro atoms. The summed E-state index contributed by atoms with van der Waals surface area (Å²) in [4.78, 5) is 26.9. The monoisotopic (exact) mass is 414 g/mol. The lowest BCUT2D eigenvalue weighted by Crippen LogP contribution is -2.13. The molecule has 1 N–H and O–H groups in total. The van der Waals surface area contributed by atoms with Crippen LogP contribution in [0.4, 0.5) is 5.95 Å². The van der Waals surface area contributed by atoms with Gasteiger partial charge in [-0.05, 0) is 39.0 Å². The predicted octanol–water partition coefficient (Wildman–Crippen LogP) is 4.58. The molecule has 2 aromatic carbocycles. The summed E-state index contributed by atoms with van der Waals surface area (Å²) in [7, 11) is 0. The van der Waals surface area contributed by atoms with E-state index in [1.807, 2.05) is 19.2 Å². The average molecular weight is 414 g/mol. The Balaban J connectivity index is 1.44. The van der Waals surface area contributed by atoms with Gasteiger partial charge in [-0.2, -0.15) is 4.98 Å². The van der Waals surface area contributed by atoms with Crippen LogP contribution < -0.4 is 5.32 Å². The number of hydrogen-bond donors (Lipinski definition) is 1. The van der Waals surface area contributed by atoms with Crippen molar-refractivity contribution in [3.63, 3.8) is 0 Å². The quantitative estimate of drug-likeness (QED) is 0.467. The van der Waals surface area contributed by atoms with Crippen molar-refractivity contribution < 1.29 is 4.79 Å². The third-order valence-electron chi connectivity index (χ3n) is 4.99. The van der Waals surface area contributed by atoms with Gasteiger partial charge in [-0.15, -0.1) is 16.4 Å². The van der Waals surface area contributed by atoms with Gasteiger partial charge in [0.25, 0.3) is 11.9 Å². The molecule has 3 aromatic heterocycles. The van der Waals surface area contributed by atoms with Gasteiger partial charge < -0.3 is 0 Å². The van der Waals surface area contributed by atoms with Crippen molar-refractivity contribution in [2.75, 3.05) is 5.32 Å². The number of anilines is 1. The summed E-state index contributed by atoms with van der Waals surface area (Å²) in [6.07, 6.45) is 0. The van der Waals surface area contributed by atoms with Crippen molar-refractivity contribution in [3.8, 4) is 11.3 Å². The maximum atomic E-state index is 12.8. The molecule has 0 atom stereocenters. The molecule has 0 bridgehead atoms. The summed E-state index contributed by atoms with van der Waals surface area (Å²) in [6, 6.07) is 13.5. The first-order valence-corrected chi connectivity index (χ1v) is 10.3. The van der Waals surface area contributed by atoms with Crippen molar-refractivity contribution in [3.05, 3.63) is 70.4 Å². The van der Waals surface area contributed by atoms with E-state index < -0.39 is 0 Å². The highest BCUT2D eigenvalue weighted by Gasteiger charge is 2.15. The zero-order chi connectivity index (χ0) is 20.8. The maximum absolute atomic E-state index is 12.8. The van der Waals surface area contributed by atoms with Crippen LogP contribution >= 0.6 is 11.3 Å². The molecule has 5 aromatic rings. The summed E-state index contributed by atoms with van der Waals surface area (Å²) in [5.74, 6) is -0.0152. The molecule has 0 aliphatic rings. The highest BCUT2D eigenvalue weighted by molar-refractivity contribution is 7.15. The molecule has 0 saturated carbocycles. The highest BCUT2D eigenvalue weighted by Crippen LogP contribution is 2.26. The van der Waals surface area contributed by atoms with E-state index in [9.17, 15) is 4.79 Å². The van der Waals surface area contributed by atoms with Crippen LogP contribution in [0.2, 0.25) is 0 Å². The van der Waals surface area contributed by atoms with Crippen LogP contribution in [0.3, 0.4) is 0 Å². The van der Waals surface area contributed by atoms with E-state index in [1.54, 1.807) is 22.7 Å². The van der Waals surface area contributed by atoms with Gasteiger partial charge in [0.15, 0.2) is 0 Å². The van der Waals surface area contributed by atoms with Crippen LogP contribution in [-0.2, 0) is 0 Å². The Kier molecular flexibility index (Phi) is 4.29. The van der Waals surface area contributed by atoms with Gasteiger partial charge in [0.1, 0.15) is 0 Å². The van der Waals surface area contributed by atoms with Crippen LogP contribution in [0.1, 0.15) is 27.3 Å². The number of nitrogens with one attached hydrogen (secondary N) is 1. The fourth-order valence-corrected chi connectivity index (χ4v) is 4.03. The number of carbonyl (C=O) groups is 1. The average Bonchev–Trinajstić information content (AvgIpc) is 3.29. The Labute approximate surface area is 176 Å². The zero-order valence-corrected chi connectivity index (χ0v) is 17.5. The number of nitrogens with zero attached hydrogens (tertiary/aromatic N) is 5. The van der Waals surface area contributed by atoms with Gasteiger partial charge in [0.2, 0.25) is 4.96 Å². The third kappa shape index (κ3) is 3.21. The molecule has 0 radical (unpaired) electrons. The largest absolute Gasteiger partial charge is 0.289 e. The number of aromatic nitrogens is 5. The van der Waals surface area contributed by atoms with E-state index >= 15 is 0 Å². The van der Waals surface area contributed by atoms with E-state index in [2.05, 4.69) is 56.6 Å². The van der Waals surface area contributed by atoms with Crippen LogP contribution in [0.15, 0.2) is 47.8 Å². The molecule has 0 aliphatic carbocycles. The molecule has 5 rings (SSSR count). The van der Waals surface area contributed by atoms with Gasteiger partial charge in [-0.1, -0.05) is 29.8 Å². The SMILES string of the molecule is Cc1ccc(-c2csc3nc(NC(=O)c4ccc5nc(C)c(C)nc5c4)nn23)cc1. The van der Waals surface area contributed by atoms with Crippen molar-refractivity contribution in [1.29, 1.82) is 0 Å². The van der Waals surface area contributed by atoms with E-state index in [-0.39, 0.29) is 11.9 Å². The summed E-state index contributed by atoms with van der Waals surface area (Å²) in [5, 5.41) is 9.28. The zero-order valence-electron chi connectivity index (χ0n) is 16.7. The molecule has 1 amide bonds. The fourth-order valence-electron chi connectivity index (χ4n) is 3.20. The summed E-state index contributed by atoms with van der Waals surface area (Å²) in [6.45, 7) is 5.88. The molecule has 7 nitrogen and oxygen atoms in total. The first-order valence-electron chi connectivity index (χ1n) is 9.45. The van der Waals surface area contributed by atoms with Crippen LogP contribution in [0, 0.1) is 20.8 Å². The smallest absolute Gasteiger partial charge is 0.258 e. The Hall–Kier alpha value is -3.65. The molecule has 0 unspecified atom stereocenters. The number of amides is 1. The first kappa shape index (κ1) is 18.4. The van der Waals surface area contributed by atoms with Crippen LogP contribution in [0.25, 0.3) is 27.3 Å². The Morgan fingerprint density at radius 2 is 1.67 bits per heavy atom. The highest BCUT2D eigenvalue weighted by atomic mass is 32.1. The number of carbonyl (C=O) groups excluding carboxylic acids is 1. The molecule has 0 fully saturated rings. The molecule has 0 aliphatic heterocycles. The van der Waals surface area contributed by atoms with Crippen molar-refractivity contribution in [2.45, 2.75) is 20.8 Å².